The van der Waals surface area contributed by atoms with Crippen molar-refractivity contribution in [3.8, 4) is 0 Å². The third kappa shape index (κ3) is 1.97. The van der Waals surface area contributed by atoms with E-state index in [0.29, 0.717) is 17.1 Å². The second kappa shape index (κ2) is 4.75. The highest BCUT2D eigenvalue weighted by Crippen LogP contribution is 2.38. The number of aliphatic hydroxyl groups excluding tert-OH is 1. The van der Waals surface area contributed by atoms with E-state index in [1.807, 2.05) is 14.0 Å². The zero-order valence-corrected chi connectivity index (χ0v) is 12.4. The number of rotatable bonds is 4. The summed E-state index contributed by atoms with van der Waals surface area (Å²) in [5.41, 5.74) is 7.52. The quantitative estimate of drug-likeness (QED) is 0.885. The molecule has 3 rings (SSSR count). The van der Waals surface area contributed by atoms with Crippen LogP contribution in [0.4, 0.5) is 5.69 Å². The molecule has 1 saturated carbocycles. The van der Waals surface area contributed by atoms with E-state index in [-0.39, 0.29) is 18.6 Å². The highest BCUT2D eigenvalue weighted by atomic mass is 32.1. The van der Waals surface area contributed by atoms with Crippen LogP contribution in [0.25, 0.3) is 10.2 Å². The monoisotopic (exact) mass is 294 g/mol. The minimum Gasteiger partial charge on any atom is -0.397 e. The summed E-state index contributed by atoms with van der Waals surface area (Å²) in [5, 5.41) is 14.3. The number of thiophene rings is 1. The van der Waals surface area contributed by atoms with Gasteiger partial charge >= 0.3 is 0 Å². The summed E-state index contributed by atoms with van der Waals surface area (Å²) in [5.74, 6) is -0.0698. The first-order valence-corrected chi connectivity index (χ1v) is 7.49. The van der Waals surface area contributed by atoms with Crippen LogP contribution in [0.15, 0.2) is 0 Å². The van der Waals surface area contributed by atoms with Gasteiger partial charge in [0.05, 0.1) is 23.4 Å². The van der Waals surface area contributed by atoms with Gasteiger partial charge < -0.3 is 15.7 Å². The molecule has 0 aliphatic heterocycles. The molecule has 0 bridgehead atoms. The number of aliphatic hydroxyl groups is 1. The number of carbonyl (C=O) groups is 1. The molecule has 7 heteroatoms. The highest BCUT2D eigenvalue weighted by molar-refractivity contribution is 7.21. The average Bonchev–Trinajstić information content (AvgIpc) is 3.12. The number of nitrogen functional groups attached to an aromatic ring is 1. The third-order valence-electron chi connectivity index (χ3n) is 3.67. The first-order valence-electron chi connectivity index (χ1n) is 6.68. The number of carbonyl (C=O) groups excluding carboxylic acids is 1. The number of amides is 1. The maximum absolute atomic E-state index is 12.6. The van der Waals surface area contributed by atoms with Gasteiger partial charge in [-0.15, -0.1) is 11.3 Å². The summed E-state index contributed by atoms with van der Waals surface area (Å²) < 4.78 is 1.76. The van der Waals surface area contributed by atoms with Crippen LogP contribution in [0.1, 0.15) is 28.2 Å². The summed E-state index contributed by atoms with van der Waals surface area (Å²) in [6, 6.07) is 0.262. The molecule has 1 aliphatic rings. The Kier molecular flexibility index (Phi) is 3.18. The SMILES string of the molecule is Cc1nn(C)c2sc(C(=O)N(CCO)C3CC3)c(N)c12. The molecule has 2 aromatic heterocycles. The molecule has 0 saturated heterocycles. The molecular formula is C13H18N4O2S. The number of anilines is 1. The molecule has 1 amide bonds. The largest absolute Gasteiger partial charge is 0.397 e. The Labute approximate surface area is 120 Å². The van der Waals surface area contributed by atoms with E-state index in [0.717, 1.165) is 28.8 Å². The molecule has 6 nitrogen and oxygen atoms in total. The molecule has 0 aromatic carbocycles. The van der Waals surface area contributed by atoms with Gasteiger partial charge in [-0.05, 0) is 19.8 Å². The summed E-state index contributed by atoms with van der Waals surface area (Å²) >= 11 is 1.38. The smallest absolute Gasteiger partial charge is 0.266 e. The molecular weight excluding hydrogens is 276 g/mol. The Bertz CT molecular complexity index is 672. The Morgan fingerprint density at radius 1 is 1.60 bits per heavy atom. The molecule has 1 fully saturated rings. The van der Waals surface area contributed by atoms with Gasteiger partial charge in [0.2, 0.25) is 0 Å². The van der Waals surface area contributed by atoms with Crippen molar-refractivity contribution in [3.05, 3.63) is 10.6 Å². The van der Waals surface area contributed by atoms with Crippen LogP contribution in [0.3, 0.4) is 0 Å². The van der Waals surface area contributed by atoms with Crippen LogP contribution in [0, 0.1) is 6.92 Å². The topological polar surface area (TPSA) is 84.4 Å². The Morgan fingerprint density at radius 3 is 2.85 bits per heavy atom. The van der Waals surface area contributed by atoms with Crippen molar-refractivity contribution in [2.24, 2.45) is 7.05 Å². The third-order valence-corrected chi connectivity index (χ3v) is 4.93. The number of nitrogens with two attached hydrogens (primary N) is 1. The summed E-state index contributed by atoms with van der Waals surface area (Å²) in [7, 11) is 1.85. The van der Waals surface area contributed by atoms with Crippen molar-refractivity contribution in [1.82, 2.24) is 14.7 Å². The molecule has 2 aromatic rings. The molecule has 1 aliphatic carbocycles. The van der Waals surface area contributed by atoms with E-state index in [1.165, 1.54) is 11.3 Å². The lowest BCUT2D eigenvalue weighted by Crippen LogP contribution is -2.35. The number of aromatic nitrogens is 2. The van der Waals surface area contributed by atoms with Gasteiger partial charge in [0.1, 0.15) is 9.71 Å². The van der Waals surface area contributed by atoms with Gasteiger partial charge in [-0.25, -0.2) is 0 Å². The van der Waals surface area contributed by atoms with Gasteiger partial charge in [0, 0.05) is 19.6 Å². The first kappa shape index (κ1) is 13.4. The van der Waals surface area contributed by atoms with Crippen LogP contribution in [0.2, 0.25) is 0 Å². The molecule has 0 unspecified atom stereocenters. The van der Waals surface area contributed by atoms with Crippen molar-refractivity contribution >= 4 is 33.1 Å². The Hall–Kier alpha value is -1.60. The zero-order chi connectivity index (χ0) is 14.4. The summed E-state index contributed by atoms with van der Waals surface area (Å²) in [6.45, 7) is 2.24. The van der Waals surface area contributed by atoms with Gasteiger partial charge in [0.25, 0.3) is 5.91 Å². The van der Waals surface area contributed by atoms with Gasteiger partial charge in [-0.3, -0.25) is 9.48 Å². The molecule has 108 valence electrons. The number of hydrogen-bond acceptors (Lipinski definition) is 5. The summed E-state index contributed by atoms with van der Waals surface area (Å²) in [6.07, 6.45) is 2.02. The van der Waals surface area contributed by atoms with Crippen molar-refractivity contribution < 1.29 is 9.90 Å². The van der Waals surface area contributed by atoms with Crippen LogP contribution >= 0.6 is 11.3 Å². The minimum atomic E-state index is -0.0698. The molecule has 0 radical (unpaired) electrons. The van der Waals surface area contributed by atoms with Gasteiger partial charge in [-0.2, -0.15) is 5.10 Å². The fourth-order valence-electron chi connectivity index (χ4n) is 2.56. The molecule has 0 spiro atoms. The van der Waals surface area contributed by atoms with Crippen LogP contribution < -0.4 is 5.73 Å². The van der Waals surface area contributed by atoms with E-state index < -0.39 is 0 Å². The maximum atomic E-state index is 12.6. The van der Waals surface area contributed by atoms with Crippen molar-refractivity contribution in [2.45, 2.75) is 25.8 Å². The van der Waals surface area contributed by atoms with Crippen LogP contribution in [-0.4, -0.2) is 44.9 Å². The predicted octanol–water partition coefficient (Wildman–Crippen LogP) is 1.12. The minimum absolute atomic E-state index is 0.0202. The fourth-order valence-corrected chi connectivity index (χ4v) is 3.71. The second-order valence-corrected chi connectivity index (χ2v) is 6.19. The standard InChI is InChI=1S/C13H18N4O2S/c1-7-9-10(14)11(20-13(9)16(2)15-7)12(19)17(5-6-18)8-3-4-8/h8,18H,3-6,14H2,1-2H3. The lowest BCUT2D eigenvalue weighted by Gasteiger charge is -2.20. The van der Waals surface area contributed by atoms with E-state index in [1.54, 1.807) is 9.58 Å². The lowest BCUT2D eigenvalue weighted by atomic mass is 10.2. The zero-order valence-electron chi connectivity index (χ0n) is 11.6. The highest BCUT2D eigenvalue weighted by Gasteiger charge is 2.34. The molecule has 20 heavy (non-hydrogen) atoms. The maximum Gasteiger partial charge on any atom is 0.266 e. The van der Waals surface area contributed by atoms with Gasteiger partial charge in [0.15, 0.2) is 0 Å². The first-order chi connectivity index (χ1) is 9.54. The normalized spacial score (nSPS) is 14.9. The predicted molar refractivity (Wildman–Crippen MR) is 78.9 cm³/mol. The van der Waals surface area contributed by atoms with E-state index in [4.69, 9.17) is 10.8 Å². The number of fused-ring (bicyclic) bond motifs is 1. The Morgan fingerprint density at radius 2 is 2.30 bits per heavy atom. The number of hydrogen-bond donors (Lipinski definition) is 2. The van der Waals surface area contributed by atoms with Crippen LogP contribution in [0.5, 0.6) is 0 Å². The van der Waals surface area contributed by atoms with Crippen molar-refractivity contribution in [3.63, 3.8) is 0 Å². The summed E-state index contributed by atoms with van der Waals surface area (Å²) in [4.78, 5) is 15.9. The van der Waals surface area contributed by atoms with Gasteiger partial charge in [-0.1, -0.05) is 0 Å². The molecule has 0 atom stereocenters. The fraction of sp³-hybridized carbons (Fsp3) is 0.538. The average molecular weight is 294 g/mol. The number of aryl methyl sites for hydroxylation is 2. The Balaban J connectivity index is 2.02. The van der Waals surface area contributed by atoms with E-state index in [2.05, 4.69) is 5.10 Å². The van der Waals surface area contributed by atoms with E-state index in [9.17, 15) is 4.79 Å². The number of nitrogens with zero attached hydrogens (tertiary/aromatic N) is 3. The molecule has 3 N–H and O–H groups in total. The van der Waals surface area contributed by atoms with Crippen LogP contribution in [-0.2, 0) is 7.05 Å². The van der Waals surface area contributed by atoms with Crippen molar-refractivity contribution in [2.75, 3.05) is 18.9 Å². The lowest BCUT2D eigenvalue weighted by molar-refractivity contribution is 0.0713. The van der Waals surface area contributed by atoms with Crippen molar-refractivity contribution in [1.29, 1.82) is 0 Å². The van der Waals surface area contributed by atoms with E-state index >= 15 is 0 Å². The second-order valence-electron chi connectivity index (χ2n) is 5.19. The molecule has 2 heterocycles.